The summed E-state index contributed by atoms with van der Waals surface area (Å²) in [6.07, 6.45) is 0. The number of hydrogen-bond donors (Lipinski definition) is 1. The number of hydrogen-bond acceptors (Lipinski definition) is 4. The summed E-state index contributed by atoms with van der Waals surface area (Å²) >= 11 is 6.21. The fourth-order valence-electron chi connectivity index (χ4n) is 3.37. The molecule has 4 aromatic rings. The second kappa shape index (κ2) is 9.02. The van der Waals surface area contributed by atoms with Gasteiger partial charge < -0.3 is 10.1 Å². The van der Waals surface area contributed by atoms with Gasteiger partial charge in [-0.25, -0.2) is 4.79 Å². The number of amides is 1. The number of nitrogens with zero attached hydrogens (tertiary/aromatic N) is 2. The average Bonchev–Trinajstić information content (AvgIpc) is 2.77. The van der Waals surface area contributed by atoms with Crippen LogP contribution >= 0.6 is 11.6 Å². The molecular formula is C24H20ClN3O3. The van der Waals surface area contributed by atoms with Crippen molar-refractivity contribution >= 4 is 34.1 Å². The first-order valence-electron chi connectivity index (χ1n) is 9.83. The molecule has 3 aromatic carbocycles. The number of rotatable bonds is 6. The van der Waals surface area contributed by atoms with Gasteiger partial charge in [-0.2, -0.15) is 4.98 Å². The minimum absolute atomic E-state index is 0.174. The van der Waals surface area contributed by atoms with Crippen molar-refractivity contribution in [2.75, 3.05) is 11.9 Å². The maximum absolute atomic E-state index is 12.8. The minimum atomic E-state index is -0.504. The fraction of sp³-hybridized carbons (Fsp3) is 0.125. The van der Waals surface area contributed by atoms with E-state index in [0.717, 1.165) is 11.3 Å². The largest absolute Gasteiger partial charge is 0.494 e. The number of benzene rings is 3. The van der Waals surface area contributed by atoms with Crippen LogP contribution in [0.2, 0.25) is 5.02 Å². The number of anilines is 1. The van der Waals surface area contributed by atoms with Gasteiger partial charge >= 0.3 is 5.69 Å². The monoisotopic (exact) mass is 433 g/mol. The van der Waals surface area contributed by atoms with E-state index >= 15 is 0 Å². The highest BCUT2D eigenvalue weighted by Gasteiger charge is 2.15. The highest BCUT2D eigenvalue weighted by Crippen LogP contribution is 2.27. The van der Waals surface area contributed by atoms with Crippen LogP contribution in [0.25, 0.3) is 22.2 Å². The molecule has 0 aliphatic rings. The van der Waals surface area contributed by atoms with Crippen LogP contribution in [0.3, 0.4) is 0 Å². The Morgan fingerprint density at radius 2 is 1.81 bits per heavy atom. The Bertz CT molecular complexity index is 1290. The van der Waals surface area contributed by atoms with Gasteiger partial charge in [-0.15, -0.1) is 0 Å². The topological polar surface area (TPSA) is 73.2 Å². The molecule has 0 saturated carbocycles. The lowest BCUT2D eigenvalue weighted by atomic mass is 10.1. The molecule has 0 atom stereocenters. The molecule has 0 spiro atoms. The van der Waals surface area contributed by atoms with Gasteiger partial charge in [-0.3, -0.25) is 9.36 Å². The Balaban J connectivity index is 1.67. The Morgan fingerprint density at radius 1 is 1.06 bits per heavy atom. The molecular weight excluding hydrogens is 414 g/mol. The summed E-state index contributed by atoms with van der Waals surface area (Å²) in [5.41, 5.74) is 2.03. The summed E-state index contributed by atoms with van der Waals surface area (Å²) in [5.74, 6) is 0.386. The van der Waals surface area contributed by atoms with Crippen LogP contribution in [0.15, 0.2) is 77.6 Å². The predicted octanol–water partition coefficient (Wildman–Crippen LogP) is 4.75. The average molecular weight is 434 g/mol. The van der Waals surface area contributed by atoms with E-state index in [4.69, 9.17) is 16.3 Å². The van der Waals surface area contributed by atoms with Gasteiger partial charge in [0, 0.05) is 21.7 Å². The summed E-state index contributed by atoms with van der Waals surface area (Å²) in [7, 11) is 0. The van der Waals surface area contributed by atoms with Gasteiger partial charge in [-0.1, -0.05) is 41.9 Å². The van der Waals surface area contributed by atoms with Crippen molar-refractivity contribution in [1.29, 1.82) is 0 Å². The third kappa shape index (κ3) is 4.59. The zero-order chi connectivity index (χ0) is 21.8. The number of ether oxygens (including phenoxy) is 1. The first kappa shape index (κ1) is 20.6. The van der Waals surface area contributed by atoms with Gasteiger partial charge in [-0.05, 0) is 49.4 Å². The normalized spacial score (nSPS) is 10.8. The zero-order valence-electron chi connectivity index (χ0n) is 16.8. The van der Waals surface area contributed by atoms with E-state index in [1.807, 2.05) is 37.3 Å². The summed E-state index contributed by atoms with van der Waals surface area (Å²) in [5, 5.41) is 4.03. The van der Waals surface area contributed by atoms with Crippen molar-refractivity contribution in [2.45, 2.75) is 13.5 Å². The molecule has 1 N–H and O–H groups in total. The SMILES string of the molecule is CCOc1ccc(NC(=O)Cn2c(=O)nc(-c3ccccc3)c3cc(Cl)ccc32)cc1. The lowest BCUT2D eigenvalue weighted by Gasteiger charge is -2.13. The lowest BCUT2D eigenvalue weighted by Crippen LogP contribution is -2.30. The van der Waals surface area contributed by atoms with Gasteiger partial charge in [0.15, 0.2) is 0 Å². The molecule has 7 heteroatoms. The molecule has 31 heavy (non-hydrogen) atoms. The molecule has 0 radical (unpaired) electrons. The van der Waals surface area contributed by atoms with E-state index in [9.17, 15) is 9.59 Å². The maximum atomic E-state index is 12.8. The van der Waals surface area contributed by atoms with E-state index in [1.165, 1.54) is 4.57 Å². The van der Waals surface area contributed by atoms with Crippen molar-refractivity contribution in [3.63, 3.8) is 0 Å². The fourth-order valence-corrected chi connectivity index (χ4v) is 3.54. The Hall–Kier alpha value is -3.64. The highest BCUT2D eigenvalue weighted by molar-refractivity contribution is 6.31. The van der Waals surface area contributed by atoms with Gasteiger partial charge in [0.05, 0.1) is 17.8 Å². The van der Waals surface area contributed by atoms with E-state index in [-0.39, 0.29) is 12.5 Å². The zero-order valence-corrected chi connectivity index (χ0v) is 17.6. The molecule has 0 fully saturated rings. The van der Waals surface area contributed by atoms with Gasteiger partial charge in [0.2, 0.25) is 5.91 Å². The molecule has 0 aliphatic carbocycles. The number of nitrogens with one attached hydrogen (secondary N) is 1. The summed E-state index contributed by atoms with van der Waals surface area (Å²) < 4.78 is 6.75. The van der Waals surface area contributed by atoms with E-state index in [1.54, 1.807) is 42.5 Å². The molecule has 1 amide bonds. The van der Waals surface area contributed by atoms with Crippen LogP contribution in [0.5, 0.6) is 5.75 Å². The molecule has 4 rings (SSSR count). The van der Waals surface area contributed by atoms with E-state index < -0.39 is 5.69 Å². The van der Waals surface area contributed by atoms with Crippen LogP contribution in [0.1, 0.15) is 6.92 Å². The third-order valence-electron chi connectivity index (χ3n) is 4.74. The van der Waals surface area contributed by atoms with E-state index in [0.29, 0.717) is 33.9 Å². The van der Waals surface area contributed by atoms with Crippen LogP contribution < -0.4 is 15.7 Å². The molecule has 0 unspecified atom stereocenters. The number of aromatic nitrogens is 2. The van der Waals surface area contributed by atoms with Crippen molar-refractivity contribution in [2.24, 2.45) is 0 Å². The number of carbonyl (C=O) groups excluding carboxylic acids is 1. The smallest absolute Gasteiger partial charge is 0.349 e. The van der Waals surface area contributed by atoms with Crippen molar-refractivity contribution in [3.05, 3.63) is 88.3 Å². The third-order valence-corrected chi connectivity index (χ3v) is 4.98. The Kier molecular flexibility index (Phi) is 6.00. The van der Waals surface area contributed by atoms with Gasteiger partial charge in [0.25, 0.3) is 0 Å². The summed E-state index contributed by atoms with van der Waals surface area (Å²) in [4.78, 5) is 29.8. The second-order valence-corrected chi connectivity index (χ2v) is 7.30. The second-order valence-electron chi connectivity index (χ2n) is 6.86. The molecule has 1 aromatic heterocycles. The summed E-state index contributed by atoms with van der Waals surface area (Å²) in [6.45, 7) is 2.30. The molecule has 0 saturated heterocycles. The Morgan fingerprint density at radius 3 is 2.52 bits per heavy atom. The van der Waals surface area contributed by atoms with Gasteiger partial charge in [0.1, 0.15) is 12.3 Å². The van der Waals surface area contributed by atoms with Crippen molar-refractivity contribution < 1.29 is 9.53 Å². The molecule has 1 heterocycles. The van der Waals surface area contributed by atoms with Crippen molar-refractivity contribution in [1.82, 2.24) is 9.55 Å². The highest BCUT2D eigenvalue weighted by atomic mass is 35.5. The van der Waals surface area contributed by atoms with Crippen LogP contribution in [0.4, 0.5) is 5.69 Å². The summed E-state index contributed by atoms with van der Waals surface area (Å²) in [6, 6.07) is 21.6. The molecule has 0 bridgehead atoms. The molecule has 0 aliphatic heterocycles. The first-order chi connectivity index (χ1) is 15.0. The van der Waals surface area contributed by atoms with Crippen LogP contribution in [0, 0.1) is 0 Å². The molecule has 156 valence electrons. The Labute approximate surface area is 184 Å². The predicted molar refractivity (Wildman–Crippen MR) is 123 cm³/mol. The standard InChI is InChI=1S/C24H20ClN3O3/c1-2-31-19-11-9-18(10-12-19)26-22(29)15-28-21-13-8-17(25)14-20(21)23(27-24(28)30)16-6-4-3-5-7-16/h3-14H,2,15H2,1H3,(H,26,29). The number of carbonyl (C=O) groups is 1. The minimum Gasteiger partial charge on any atom is -0.494 e. The van der Waals surface area contributed by atoms with E-state index in [2.05, 4.69) is 10.3 Å². The van der Waals surface area contributed by atoms with Crippen LogP contribution in [-0.4, -0.2) is 22.1 Å². The maximum Gasteiger partial charge on any atom is 0.349 e. The lowest BCUT2D eigenvalue weighted by molar-refractivity contribution is -0.116. The van der Waals surface area contributed by atoms with Crippen LogP contribution in [-0.2, 0) is 11.3 Å². The first-order valence-corrected chi connectivity index (χ1v) is 10.2. The molecule has 6 nitrogen and oxygen atoms in total. The number of halogens is 1. The number of fused-ring (bicyclic) bond motifs is 1. The quantitative estimate of drug-likeness (QED) is 0.476. The van der Waals surface area contributed by atoms with Crippen molar-refractivity contribution in [3.8, 4) is 17.0 Å².